The van der Waals surface area contributed by atoms with Crippen LogP contribution in [0.4, 0.5) is 0 Å². The zero-order chi connectivity index (χ0) is 36.6. The van der Waals surface area contributed by atoms with Crippen molar-refractivity contribution in [1.29, 1.82) is 0 Å². The highest BCUT2D eigenvalue weighted by molar-refractivity contribution is 6.12. The third-order valence-corrected chi connectivity index (χ3v) is 10.2. The summed E-state index contributed by atoms with van der Waals surface area (Å²) in [5.41, 5.74) is 13.6. The fourth-order valence-electron chi connectivity index (χ4n) is 7.41. The number of hydrogen-bond acceptors (Lipinski definition) is 4. The van der Waals surface area contributed by atoms with Crippen LogP contribution in [0.2, 0.25) is 0 Å². The van der Waals surface area contributed by atoms with Gasteiger partial charge in [0.15, 0.2) is 17.5 Å². The van der Waals surface area contributed by atoms with Gasteiger partial charge in [-0.05, 0) is 56.6 Å². The van der Waals surface area contributed by atoms with Gasteiger partial charge < -0.3 is 4.42 Å². The highest BCUT2D eigenvalue weighted by Gasteiger charge is 2.17. The summed E-state index contributed by atoms with van der Waals surface area (Å²) in [6.07, 6.45) is 0. The predicted molar refractivity (Wildman–Crippen MR) is 225 cm³/mol. The maximum atomic E-state index is 6.19. The largest absolute Gasteiger partial charge is 0.456 e. The van der Waals surface area contributed by atoms with Crippen LogP contribution in [0.1, 0.15) is 0 Å². The van der Waals surface area contributed by atoms with E-state index >= 15 is 0 Å². The Kier molecular flexibility index (Phi) is 8.12. The average molecular weight is 704 g/mol. The molecule has 0 amide bonds. The van der Waals surface area contributed by atoms with Gasteiger partial charge in [-0.1, -0.05) is 188 Å². The van der Waals surface area contributed by atoms with E-state index in [2.05, 4.69) is 158 Å². The molecule has 10 rings (SSSR count). The molecule has 4 heteroatoms. The van der Waals surface area contributed by atoms with Crippen molar-refractivity contribution in [3.8, 4) is 78.7 Å². The summed E-state index contributed by atoms with van der Waals surface area (Å²) in [7, 11) is 0. The smallest absolute Gasteiger partial charge is 0.164 e. The van der Waals surface area contributed by atoms with E-state index in [1.807, 2.05) is 42.5 Å². The van der Waals surface area contributed by atoms with Crippen LogP contribution in [-0.4, -0.2) is 15.0 Å². The van der Waals surface area contributed by atoms with E-state index in [-0.39, 0.29) is 0 Å². The minimum absolute atomic E-state index is 0.613. The van der Waals surface area contributed by atoms with Crippen molar-refractivity contribution in [2.75, 3.05) is 0 Å². The Morgan fingerprint density at radius 3 is 1.27 bits per heavy atom. The van der Waals surface area contributed by atoms with Crippen LogP contribution in [0.3, 0.4) is 0 Å². The summed E-state index contributed by atoms with van der Waals surface area (Å²) in [6.45, 7) is 0. The van der Waals surface area contributed by atoms with Gasteiger partial charge in [0.25, 0.3) is 0 Å². The van der Waals surface area contributed by atoms with Gasteiger partial charge in [0.05, 0.1) is 0 Å². The summed E-state index contributed by atoms with van der Waals surface area (Å²) in [4.78, 5) is 15.4. The number of para-hydroxylation sites is 1. The zero-order valence-electron chi connectivity index (χ0n) is 29.8. The topological polar surface area (TPSA) is 51.8 Å². The first-order chi connectivity index (χ1) is 27.2. The summed E-state index contributed by atoms with van der Waals surface area (Å²) in [5, 5.41) is 2.22. The molecule has 10 aromatic rings. The Morgan fingerprint density at radius 1 is 0.255 bits per heavy atom. The monoisotopic (exact) mass is 703 g/mol. The maximum Gasteiger partial charge on any atom is 0.164 e. The Hall–Kier alpha value is -7.43. The lowest BCUT2D eigenvalue weighted by molar-refractivity contribution is 0.669. The molecule has 0 bridgehead atoms. The first-order valence-corrected chi connectivity index (χ1v) is 18.4. The molecule has 0 unspecified atom stereocenters. The normalized spacial score (nSPS) is 11.3. The molecule has 0 fully saturated rings. The van der Waals surface area contributed by atoms with Crippen molar-refractivity contribution >= 4 is 21.9 Å². The van der Waals surface area contributed by atoms with Gasteiger partial charge in [0, 0.05) is 27.5 Å². The molecule has 0 radical (unpaired) electrons. The standard InChI is InChI=1S/C51H33N3O/c1-3-12-34(13-4-1)35-22-24-36(25-23-35)37-26-30-40(31-27-37)49-52-50(54-51(53-49)44-17-8-7-16-42(44)38-14-5-2-6-15-38)41-32-28-39(29-33-41)43-19-11-21-47-48(43)45-18-9-10-20-46(45)55-47/h1-33H. The van der Waals surface area contributed by atoms with E-state index in [0.29, 0.717) is 17.5 Å². The Balaban J connectivity index is 1.05. The van der Waals surface area contributed by atoms with Gasteiger partial charge in [-0.3, -0.25) is 0 Å². The lowest BCUT2D eigenvalue weighted by Crippen LogP contribution is -2.01. The number of nitrogens with zero attached hydrogens (tertiary/aromatic N) is 3. The van der Waals surface area contributed by atoms with Gasteiger partial charge >= 0.3 is 0 Å². The molecule has 0 saturated carbocycles. The molecule has 0 atom stereocenters. The second-order valence-corrected chi connectivity index (χ2v) is 13.6. The minimum Gasteiger partial charge on any atom is -0.456 e. The molecule has 0 N–H and O–H groups in total. The van der Waals surface area contributed by atoms with Crippen LogP contribution in [0.5, 0.6) is 0 Å². The molecular weight excluding hydrogens is 671 g/mol. The number of benzene rings is 8. The lowest BCUT2D eigenvalue weighted by atomic mass is 9.98. The van der Waals surface area contributed by atoms with Crippen LogP contribution in [0.25, 0.3) is 101 Å². The second-order valence-electron chi connectivity index (χ2n) is 13.6. The molecule has 258 valence electrons. The van der Waals surface area contributed by atoms with E-state index in [4.69, 9.17) is 19.4 Å². The van der Waals surface area contributed by atoms with E-state index in [1.165, 1.54) is 11.1 Å². The molecule has 2 aromatic heterocycles. The number of fused-ring (bicyclic) bond motifs is 3. The van der Waals surface area contributed by atoms with Gasteiger partial charge in [-0.15, -0.1) is 0 Å². The fraction of sp³-hybridized carbons (Fsp3) is 0. The Bertz CT molecular complexity index is 2930. The molecule has 0 saturated heterocycles. The Labute approximate surface area is 319 Å². The SMILES string of the molecule is c1ccc(-c2ccc(-c3ccc(-c4nc(-c5ccc(-c6cccc7oc8ccccc8c67)cc5)nc(-c5ccccc5-c5ccccc5)n4)cc3)cc2)cc1. The summed E-state index contributed by atoms with van der Waals surface area (Å²) in [5.74, 6) is 1.85. The molecule has 8 aromatic carbocycles. The molecular formula is C51H33N3O. The van der Waals surface area contributed by atoms with Crippen molar-refractivity contribution in [2.45, 2.75) is 0 Å². The molecule has 0 spiro atoms. The van der Waals surface area contributed by atoms with Crippen LogP contribution in [0.15, 0.2) is 205 Å². The summed E-state index contributed by atoms with van der Waals surface area (Å²) < 4.78 is 6.19. The third-order valence-electron chi connectivity index (χ3n) is 10.2. The van der Waals surface area contributed by atoms with Crippen LogP contribution >= 0.6 is 0 Å². The van der Waals surface area contributed by atoms with E-state index in [9.17, 15) is 0 Å². The van der Waals surface area contributed by atoms with E-state index in [0.717, 1.165) is 72.0 Å². The molecule has 2 heterocycles. The number of rotatable bonds is 7. The van der Waals surface area contributed by atoms with Gasteiger partial charge in [-0.25, -0.2) is 15.0 Å². The van der Waals surface area contributed by atoms with Crippen molar-refractivity contribution < 1.29 is 4.42 Å². The van der Waals surface area contributed by atoms with Crippen molar-refractivity contribution in [3.63, 3.8) is 0 Å². The molecule has 4 nitrogen and oxygen atoms in total. The van der Waals surface area contributed by atoms with Crippen LogP contribution in [-0.2, 0) is 0 Å². The van der Waals surface area contributed by atoms with Gasteiger partial charge in [-0.2, -0.15) is 0 Å². The Morgan fingerprint density at radius 2 is 0.655 bits per heavy atom. The van der Waals surface area contributed by atoms with E-state index in [1.54, 1.807) is 0 Å². The van der Waals surface area contributed by atoms with Crippen LogP contribution in [0, 0.1) is 0 Å². The van der Waals surface area contributed by atoms with Crippen molar-refractivity contribution in [2.24, 2.45) is 0 Å². The zero-order valence-corrected chi connectivity index (χ0v) is 29.8. The van der Waals surface area contributed by atoms with Gasteiger partial charge in [0.1, 0.15) is 11.2 Å². The number of hydrogen-bond donors (Lipinski definition) is 0. The summed E-state index contributed by atoms with van der Waals surface area (Å²) in [6, 6.07) is 69.3. The van der Waals surface area contributed by atoms with Crippen molar-refractivity contribution in [1.82, 2.24) is 15.0 Å². The fourth-order valence-corrected chi connectivity index (χ4v) is 7.41. The number of furan rings is 1. The first-order valence-electron chi connectivity index (χ1n) is 18.4. The second kappa shape index (κ2) is 13.8. The third kappa shape index (κ3) is 6.16. The molecule has 55 heavy (non-hydrogen) atoms. The molecule has 0 aliphatic heterocycles. The highest BCUT2D eigenvalue weighted by atomic mass is 16.3. The summed E-state index contributed by atoms with van der Waals surface area (Å²) >= 11 is 0. The lowest BCUT2D eigenvalue weighted by Gasteiger charge is -2.12. The maximum absolute atomic E-state index is 6.19. The molecule has 0 aliphatic carbocycles. The highest BCUT2D eigenvalue weighted by Crippen LogP contribution is 2.38. The molecule has 0 aliphatic rings. The van der Waals surface area contributed by atoms with Gasteiger partial charge in [0.2, 0.25) is 0 Å². The quantitative estimate of drug-likeness (QED) is 0.166. The van der Waals surface area contributed by atoms with Crippen molar-refractivity contribution in [3.05, 3.63) is 200 Å². The minimum atomic E-state index is 0.613. The van der Waals surface area contributed by atoms with E-state index < -0.39 is 0 Å². The first kappa shape index (κ1) is 32.2. The average Bonchev–Trinajstić information content (AvgIpc) is 3.66. The number of aromatic nitrogens is 3. The van der Waals surface area contributed by atoms with Crippen LogP contribution < -0.4 is 0 Å². The predicted octanol–water partition coefficient (Wildman–Crippen LogP) is 13.4.